The van der Waals surface area contributed by atoms with E-state index in [9.17, 15) is 0 Å². The lowest BCUT2D eigenvalue weighted by Gasteiger charge is -2.11. The zero-order valence-electron chi connectivity index (χ0n) is 11.9. The van der Waals surface area contributed by atoms with E-state index < -0.39 is 0 Å². The molecule has 0 radical (unpaired) electrons. The summed E-state index contributed by atoms with van der Waals surface area (Å²) in [6, 6.07) is 18.9. The SMILES string of the molecule is CCc1cccc(Nc2cc(C)nc3ccccc23)c1. The van der Waals surface area contributed by atoms with E-state index in [0.717, 1.165) is 34.4 Å². The maximum Gasteiger partial charge on any atom is 0.0726 e. The van der Waals surface area contributed by atoms with Crippen LogP contribution in [-0.2, 0) is 6.42 Å². The van der Waals surface area contributed by atoms with E-state index in [4.69, 9.17) is 0 Å². The number of nitrogens with one attached hydrogen (secondary N) is 1. The van der Waals surface area contributed by atoms with Crippen molar-refractivity contribution >= 4 is 22.3 Å². The third kappa shape index (κ3) is 2.50. The summed E-state index contributed by atoms with van der Waals surface area (Å²) >= 11 is 0. The van der Waals surface area contributed by atoms with Gasteiger partial charge < -0.3 is 5.32 Å². The quantitative estimate of drug-likeness (QED) is 0.730. The van der Waals surface area contributed by atoms with Crippen molar-refractivity contribution in [2.75, 3.05) is 5.32 Å². The van der Waals surface area contributed by atoms with E-state index in [1.165, 1.54) is 5.56 Å². The molecule has 0 unspecified atom stereocenters. The zero-order valence-corrected chi connectivity index (χ0v) is 11.9. The third-order valence-electron chi connectivity index (χ3n) is 3.46. The first-order chi connectivity index (χ1) is 9.76. The van der Waals surface area contributed by atoms with Gasteiger partial charge in [0.1, 0.15) is 0 Å². The zero-order chi connectivity index (χ0) is 13.9. The first-order valence-corrected chi connectivity index (χ1v) is 6.98. The lowest BCUT2D eigenvalue weighted by molar-refractivity contribution is 1.14. The van der Waals surface area contributed by atoms with E-state index >= 15 is 0 Å². The molecule has 20 heavy (non-hydrogen) atoms. The maximum absolute atomic E-state index is 4.57. The fraction of sp³-hybridized carbons (Fsp3) is 0.167. The highest BCUT2D eigenvalue weighted by molar-refractivity contribution is 5.93. The molecule has 0 atom stereocenters. The molecule has 1 aromatic heterocycles. The summed E-state index contributed by atoms with van der Waals surface area (Å²) < 4.78 is 0. The molecule has 0 saturated heterocycles. The van der Waals surface area contributed by atoms with Crippen LogP contribution in [-0.4, -0.2) is 4.98 Å². The van der Waals surface area contributed by atoms with Crippen molar-refractivity contribution in [2.24, 2.45) is 0 Å². The number of aromatic nitrogens is 1. The molecule has 0 aliphatic carbocycles. The predicted octanol–water partition coefficient (Wildman–Crippen LogP) is 4.85. The van der Waals surface area contributed by atoms with Crippen LogP contribution in [0.2, 0.25) is 0 Å². The van der Waals surface area contributed by atoms with Crippen LogP contribution in [0.3, 0.4) is 0 Å². The molecule has 0 amide bonds. The number of para-hydroxylation sites is 1. The number of anilines is 2. The summed E-state index contributed by atoms with van der Waals surface area (Å²) in [6.45, 7) is 4.20. The highest BCUT2D eigenvalue weighted by atomic mass is 14.9. The molecular formula is C18H18N2. The highest BCUT2D eigenvalue weighted by Gasteiger charge is 2.04. The number of rotatable bonds is 3. The van der Waals surface area contributed by atoms with E-state index in [2.05, 4.69) is 59.7 Å². The Labute approximate surface area is 119 Å². The first-order valence-electron chi connectivity index (χ1n) is 6.98. The van der Waals surface area contributed by atoms with Crippen LogP contribution in [0.25, 0.3) is 10.9 Å². The topological polar surface area (TPSA) is 24.9 Å². The average Bonchev–Trinajstić information content (AvgIpc) is 2.47. The lowest BCUT2D eigenvalue weighted by atomic mass is 10.1. The standard InChI is InChI=1S/C18H18N2/c1-3-14-7-6-8-15(12-14)20-18-11-13(2)19-17-10-5-4-9-16(17)18/h4-12H,3H2,1-2H3,(H,19,20). The minimum absolute atomic E-state index is 1.03. The largest absolute Gasteiger partial charge is 0.355 e. The van der Waals surface area contributed by atoms with Gasteiger partial charge in [0.2, 0.25) is 0 Å². The van der Waals surface area contributed by atoms with Gasteiger partial charge in [-0.25, -0.2) is 0 Å². The number of nitrogens with zero attached hydrogens (tertiary/aromatic N) is 1. The minimum atomic E-state index is 1.03. The summed E-state index contributed by atoms with van der Waals surface area (Å²) in [5.74, 6) is 0. The number of aryl methyl sites for hydroxylation is 2. The average molecular weight is 262 g/mol. The van der Waals surface area contributed by atoms with Crippen LogP contribution in [0.1, 0.15) is 18.2 Å². The first kappa shape index (κ1) is 12.7. The van der Waals surface area contributed by atoms with Gasteiger partial charge in [0.15, 0.2) is 0 Å². The molecule has 0 bridgehead atoms. The number of benzene rings is 2. The molecule has 2 nitrogen and oxygen atoms in total. The monoisotopic (exact) mass is 262 g/mol. The third-order valence-corrected chi connectivity index (χ3v) is 3.46. The van der Waals surface area contributed by atoms with Gasteiger partial charge in [0.05, 0.1) is 5.52 Å². The Morgan fingerprint density at radius 1 is 1.00 bits per heavy atom. The Bertz CT molecular complexity index is 747. The number of hydrogen-bond donors (Lipinski definition) is 1. The van der Waals surface area contributed by atoms with Gasteiger partial charge in [0, 0.05) is 22.5 Å². The van der Waals surface area contributed by atoms with Crippen LogP contribution in [0.5, 0.6) is 0 Å². The van der Waals surface area contributed by atoms with Crippen molar-refractivity contribution in [1.82, 2.24) is 4.98 Å². The summed E-state index contributed by atoms with van der Waals surface area (Å²) in [5.41, 5.74) is 5.63. The molecule has 0 aliphatic rings. The fourth-order valence-electron chi connectivity index (χ4n) is 2.44. The van der Waals surface area contributed by atoms with E-state index in [1.54, 1.807) is 0 Å². The van der Waals surface area contributed by atoms with Crippen molar-refractivity contribution in [1.29, 1.82) is 0 Å². The van der Waals surface area contributed by atoms with Crippen molar-refractivity contribution < 1.29 is 0 Å². The van der Waals surface area contributed by atoms with E-state index in [1.807, 2.05) is 19.1 Å². The Hall–Kier alpha value is -2.35. The molecular weight excluding hydrogens is 244 g/mol. The van der Waals surface area contributed by atoms with Gasteiger partial charge in [-0.1, -0.05) is 37.3 Å². The smallest absolute Gasteiger partial charge is 0.0726 e. The van der Waals surface area contributed by atoms with Crippen molar-refractivity contribution in [2.45, 2.75) is 20.3 Å². The van der Waals surface area contributed by atoms with Crippen LogP contribution < -0.4 is 5.32 Å². The van der Waals surface area contributed by atoms with Gasteiger partial charge in [-0.3, -0.25) is 4.98 Å². The molecule has 100 valence electrons. The van der Waals surface area contributed by atoms with Crippen molar-refractivity contribution in [3.05, 3.63) is 65.9 Å². The molecule has 1 heterocycles. The molecule has 0 spiro atoms. The van der Waals surface area contributed by atoms with Crippen molar-refractivity contribution in [3.8, 4) is 0 Å². The fourth-order valence-corrected chi connectivity index (χ4v) is 2.44. The molecule has 1 N–H and O–H groups in total. The Kier molecular flexibility index (Phi) is 3.38. The van der Waals surface area contributed by atoms with Gasteiger partial charge in [-0.2, -0.15) is 0 Å². The molecule has 0 saturated carbocycles. The molecule has 3 rings (SSSR count). The second kappa shape index (κ2) is 5.33. The van der Waals surface area contributed by atoms with Gasteiger partial charge in [0.25, 0.3) is 0 Å². The van der Waals surface area contributed by atoms with Crippen LogP contribution >= 0.6 is 0 Å². The van der Waals surface area contributed by atoms with E-state index in [0.29, 0.717) is 0 Å². The van der Waals surface area contributed by atoms with Crippen LogP contribution in [0, 0.1) is 6.92 Å². The number of hydrogen-bond acceptors (Lipinski definition) is 2. The Balaban J connectivity index is 2.05. The molecule has 0 aliphatic heterocycles. The number of fused-ring (bicyclic) bond motifs is 1. The molecule has 3 aromatic rings. The van der Waals surface area contributed by atoms with Gasteiger partial charge in [-0.05, 0) is 43.2 Å². The second-order valence-corrected chi connectivity index (χ2v) is 5.01. The summed E-state index contributed by atoms with van der Waals surface area (Å²) in [7, 11) is 0. The normalized spacial score (nSPS) is 10.7. The lowest BCUT2D eigenvalue weighted by Crippen LogP contribution is -1.95. The van der Waals surface area contributed by atoms with E-state index in [-0.39, 0.29) is 0 Å². The van der Waals surface area contributed by atoms with Gasteiger partial charge >= 0.3 is 0 Å². The summed E-state index contributed by atoms with van der Waals surface area (Å²) in [6.07, 6.45) is 1.05. The van der Waals surface area contributed by atoms with Crippen molar-refractivity contribution in [3.63, 3.8) is 0 Å². The highest BCUT2D eigenvalue weighted by Crippen LogP contribution is 2.26. The predicted molar refractivity (Wildman–Crippen MR) is 85.6 cm³/mol. The van der Waals surface area contributed by atoms with Crippen LogP contribution in [0.4, 0.5) is 11.4 Å². The molecule has 2 aromatic carbocycles. The Morgan fingerprint density at radius 3 is 2.70 bits per heavy atom. The Morgan fingerprint density at radius 2 is 1.85 bits per heavy atom. The summed E-state index contributed by atoms with van der Waals surface area (Å²) in [4.78, 5) is 4.57. The number of pyridine rings is 1. The van der Waals surface area contributed by atoms with Gasteiger partial charge in [-0.15, -0.1) is 0 Å². The van der Waals surface area contributed by atoms with Crippen LogP contribution in [0.15, 0.2) is 54.6 Å². The maximum atomic E-state index is 4.57. The molecule has 2 heteroatoms. The second-order valence-electron chi connectivity index (χ2n) is 5.01. The summed E-state index contributed by atoms with van der Waals surface area (Å²) in [5, 5.41) is 4.68. The minimum Gasteiger partial charge on any atom is -0.355 e. The molecule has 0 fully saturated rings.